The molecule has 0 radical (unpaired) electrons. The Morgan fingerprint density at radius 2 is 2.54 bits per heavy atom. The Morgan fingerprint density at radius 3 is 3.08 bits per heavy atom. The molecule has 0 aliphatic heterocycles. The minimum absolute atomic E-state index is 0.291. The summed E-state index contributed by atoms with van der Waals surface area (Å²) in [5.41, 5.74) is 5.48. The molecule has 1 heterocycles. The highest BCUT2D eigenvalue weighted by Gasteiger charge is 2.03. The van der Waals surface area contributed by atoms with Gasteiger partial charge in [-0.2, -0.15) is 4.37 Å². The van der Waals surface area contributed by atoms with Crippen molar-refractivity contribution in [2.24, 2.45) is 0 Å². The van der Waals surface area contributed by atoms with Crippen molar-refractivity contribution in [1.29, 1.82) is 0 Å². The maximum atomic E-state index is 5.48. The van der Waals surface area contributed by atoms with Crippen LogP contribution in [0.5, 0.6) is 0 Å². The van der Waals surface area contributed by atoms with Crippen LogP contribution < -0.4 is 11.1 Å². The molecule has 0 aromatic carbocycles. The lowest BCUT2D eigenvalue weighted by Crippen LogP contribution is -2.20. The van der Waals surface area contributed by atoms with Gasteiger partial charge in [-0.05, 0) is 25.4 Å². The van der Waals surface area contributed by atoms with E-state index in [1.807, 2.05) is 13.0 Å². The molecule has 0 fully saturated rings. The zero-order valence-electron chi connectivity index (χ0n) is 7.91. The molecule has 1 atom stereocenters. The molecule has 13 heavy (non-hydrogen) atoms. The van der Waals surface area contributed by atoms with E-state index in [-0.39, 0.29) is 0 Å². The molecule has 0 saturated carbocycles. The first kappa shape index (κ1) is 10.3. The van der Waals surface area contributed by atoms with Crippen molar-refractivity contribution in [3.05, 3.63) is 6.07 Å². The number of nitrogens with zero attached hydrogens (tertiary/aromatic N) is 1. The average molecular weight is 201 g/mol. The molecule has 1 rings (SSSR count). The molecule has 4 nitrogen and oxygen atoms in total. The van der Waals surface area contributed by atoms with Gasteiger partial charge in [-0.15, -0.1) is 0 Å². The molecule has 0 bridgehead atoms. The van der Waals surface area contributed by atoms with Gasteiger partial charge in [0.15, 0.2) is 0 Å². The summed E-state index contributed by atoms with van der Waals surface area (Å²) < 4.78 is 9.23. The lowest BCUT2D eigenvalue weighted by Gasteiger charge is -2.12. The standard InChI is InChI=1S/C8H15N3OS/c1-3-12-5-6(2)10-8-4-7(9)11-13-8/h4,6,10H,3,5H2,1-2H3,(H2,9,11). The molecule has 74 valence electrons. The molecule has 5 heteroatoms. The number of hydrogen-bond acceptors (Lipinski definition) is 5. The van der Waals surface area contributed by atoms with Crippen LogP contribution in [0.25, 0.3) is 0 Å². The predicted molar refractivity (Wildman–Crippen MR) is 56.1 cm³/mol. The van der Waals surface area contributed by atoms with E-state index in [0.29, 0.717) is 18.5 Å². The second kappa shape index (κ2) is 5.04. The summed E-state index contributed by atoms with van der Waals surface area (Å²) in [7, 11) is 0. The molecule has 0 aliphatic rings. The SMILES string of the molecule is CCOCC(C)Nc1cc(N)ns1. The fourth-order valence-corrected chi connectivity index (χ4v) is 1.62. The van der Waals surface area contributed by atoms with Crippen LogP contribution in [0.3, 0.4) is 0 Å². The molecular formula is C8H15N3OS. The van der Waals surface area contributed by atoms with Crippen molar-refractivity contribution >= 4 is 22.4 Å². The normalized spacial score (nSPS) is 12.8. The van der Waals surface area contributed by atoms with Crippen LogP contribution in [-0.4, -0.2) is 23.6 Å². The van der Waals surface area contributed by atoms with Gasteiger partial charge in [0.25, 0.3) is 0 Å². The average Bonchev–Trinajstić information content (AvgIpc) is 2.48. The molecule has 0 aliphatic carbocycles. The zero-order valence-corrected chi connectivity index (χ0v) is 8.73. The highest BCUT2D eigenvalue weighted by Crippen LogP contribution is 2.18. The molecule has 0 saturated heterocycles. The van der Waals surface area contributed by atoms with E-state index in [2.05, 4.69) is 16.6 Å². The van der Waals surface area contributed by atoms with E-state index in [9.17, 15) is 0 Å². The number of nitrogens with two attached hydrogens (primary N) is 1. The highest BCUT2D eigenvalue weighted by molar-refractivity contribution is 7.10. The summed E-state index contributed by atoms with van der Waals surface area (Å²) in [6.07, 6.45) is 0. The first-order valence-electron chi connectivity index (χ1n) is 4.29. The van der Waals surface area contributed by atoms with E-state index < -0.39 is 0 Å². The van der Waals surface area contributed by atoms with E-state index in [1.165, 1.54) is 11.5 Å². The Hall–Kier alpha value is -0.810. The molecule has 1 aromatic rings. The van der Waals surface area contributed by atoms with E-state index in [0.717, 1.165) is 11.6 Å². The lowest BCUT2D eigenvalue weighted by molar-refractivity contribution is 0.141. The van der Waals surface area contributed by atoms with Gasteiger partial charge in [0.1, 0.15) is 10.8 Å². The van der Waals surface area contributed by atoms with Crippen LogP contribution in [0.15, 0.2) is 6.07 Å². The van der Waals surface area contributed by atoms with Crippen molar-refractivity contribution in [2.75, 3.05) is 24.3 Å². The first-order chi connectivity index (χ1) is 6.22. The van der Waals surface area contributed by atoms with Gasteiger partial charge < -0.3 is 15.8 Å². The third kappa shape index (κ3) is 3.61. The van der Waals surface area contributed by atoms with Gasteiger partial charge in [-0.25, -0.2) is 0 Å². The lowest BCUT2D eigenvalue weighted by atomic mass is 10.3. The number of ether oxygens (including phenoxy) is 1. The number of nitrogen functional groups attached to an aromatic ring is 1. The van der Waals surface area contributed by atoms with Crippen molar-refractivity contribution in [2.45, 2.75) is 19.9 Å². The number of aromatic nitrogens is 1. The monoisotopic (exact) mass is 201 g/mol. The van der Waals surface area contributed by atoms with Crippen LogP contribution in [-0.2, 0) is 4.74 Å². The van der Waals surface area contributed by atoms with Gasteiger partial charge in [-0.1, -0.05) is 0 Å². The van der Waals surface area contributed by atoms with Crippen molar-refractivity contribution in [3.63, 3.8) is 0 Å². The smallest absolute Gasteiger partial charge is 0.139 e. The van der Waals surface area contributed by atoms with Crippen molar-refractivity contribution in [3.8, 4) is 0 Å². The fraction of sp³-hybridized carbons (Fsp3) is 0.625. The van der Waals surface area contributed by atoms with E-state index in [1.54, 1.807) is 0 Å². The Kier molecular flexibility index (Phi) is 3.98. The molecule has 0 spiro atoms. The highest BCUT2D eigenvalue weighted by atomic mass is 32.1. The van der Waals surface area contributed by atoms with Crippen LogP contribution in [0.2, 0.25) is 0 Å². The Labute approximate surface area is 82.3 Å². The van der Waals surface area contributed by atoms with Gasteiger partial charge in [0, 0.05) is 18.7 Å². The molecule has 1 aromatic heterocycles. The maximum Gasteiger partial charge on any atom is 0.139 e. The largest absolute Gasteiger partial charge is 0.383 e. The Morgan fingerprint density at radius 1 is 1.77 bits per heavy atom. The zero-order chi connectivity index (χ0) is 9.68. The molecule has 3 N–H and O–H groups in total. The topological polar surface area (TPSA) is 60.2 Å². The summed E-state index contributed by atoms with van der Waals surface area (Å²) in [5, 5.41) is 4.24. The van der Waals surface area contributed by atoms with E-state index in [4.69, 9.17) is 10.5 Å². The first-order valence-corrected chi connectivity index (χ1v) is 5.06. The van der Waals surface area contributed by atoms with Crippen LogP contribution in [0.4, 0.5) is 10.8 Å². The minimum Gasteiger partial charge on any atom is -0.383 e. The number of hydrogen-bond donors (Lipinski definition) is 2. The summed E-state index contributed by atoms with van der Waals surface area (Å²) >= 11 is 1.37. The molecule has 0 amide bonds. The Bertz CT molecular complexity index is 251. The molecular weight excluding hydrogens is 186 g/mol. The molecule has 1 unspecified atom stereocenters. The van der Waals surface area contributed by atoms with Crippen LogP contribution >= 0.6 is 11.5 Å². The number of nitrogens with one attached hydrogen (secondary N) is 1. The number of anilines is 2. The van der Waals surface area contributed by atoms with Crippen molar-refractivity contribution < 1.29 is 4.74 Å². The van der Waals surface area contributed by atoms with Gasteiger partial charge in [0.2, 0.25) is 0 Å². The fourth-order valence-electron chi connectivity index (χ4n) is 0.936. The summed E-state index contributed by atoms with van der Waals surface area (Å²) in [6.45, 7) is 5.49. The predicted octanol–water partition coefficient (Wildman–Crippen LogP) is 1.56. The third-order valence-electron chi connectivity index (χ3n) is 1.49. The summed E-state index contributed by atoms with van der Waals surface area (Å²) in [5.74, 6) is 0.566. The second-order valence-electron chi connectivity index (χ2n) is 2.82. The van der Waals surface area contributed by atoms with Gasteiger partial charge in [-0.3, -0.25) is 0 Å². The summed E-state index contributed by atoms with van der Waals surface area (Å²) in [6, 6.07) is 2.12. The van der Waals surface area contributed by atoms with Crippen LogP contribution in [0.1, 0.15) is 13.8 Å². The van der Waals surface area contributed by atoms with Crippen molar-refractivity contribution in [1.82, 2.24) is 4.37 Å². The minimum atomic E-state index is 0.291. The van der Waals surface area contributed by atoms with Gasteiger partial charge >= 0.3 is 0 Å². The van der Waals surface area contributed by atoms with Gasteiger partial charge in [0.05, 0.1) is 6.61 Å². The van der Waals surface area contributed by atoms with E-state index >= 15 is 0 Å². The quantitative estimate of drug-likeness (QED) is 0.759. The second-order valence-corrected chi connectivity index (χ2v) is 3.63. The number of rotatable bonds is 5. The third-order valence-corrected chi connectivity index (χ3v) is 2.22. The maximum absolute atomic E-state index is 5.48. The summed E-state index contributed by atoms with van der Waals surface area (Å²) in [4.78, 5) is 0. The van der Waals surface area contributed by atoms with Crippen LogP contribution in [0, 0.1) is 0 Å². The Balaban J connectivity index is 2.31.